The first-order valence-corrected chi connectivity index (χ1v) is 10.8. The average molecular weight is 479 g/mol. The number of carbonyl (C=O) groups excluding carboxylic acids is 1. The Morgan fingerprint density at radius 1 is 1.09 bits per heavy atom. The molecule has 0 radical (unpaired) electrons. The normalized spacial score (nSPS) is 11.7. The van der Waals surface area contributed by atoms with Crippen LogP contribution in [-0.4, -0.2) is 38.4 Å². The maximum Gasteiger partial charge on any atom is 0.284 e. The van der Waals surface area contributed by atoms with Gasteiger partial charge in [0.1, 0.15) is 11.4 Å². The first kappa shape index (κ1) is 23.3. The van der Waals surface area contributed by atoms with Crippen molar-refractivity contribution in [3.63, 3.8) is 0 Å². The Bertz CT molecular complexity index is 1360. The van der Waals surface area contributed by atoms with E-state index >= 15 is 0 Å². The fourth-order valence-electron chi connectivity index (χ4n) is 3.43. The lowest BCUT2D eigenvalue weighted by molar-refractivity contribution is 0.0914. The summed E-state index contributed by atoms with van der Waals surface area (Å²) in [6.45, 7) is -0.332. The van der Waals surface area contributed by atoms with Crippen molar-refractivity contribution in [1.29, 1.82) is 0 Å². The van der Waals surface area contributed by atoms with E-state index in [4.69, 9.17) is 11.6 Å². The van der Waals surface area contributed by atoms with Gasteiger partial charge >= 0.3 is 0 Å². The van der Waals surface area contributed by atoms with Gasteiger partial charge < -0.3 is 10.4 Å². The number of nitrogens with one attached hydrogen (secondary N) is 1. The quantitative estimate of drug-likeness (QED) is 0.424. The number of amides is 1. The highest BCUT2D eigenvalue weighted by Gasteiger charge is 2.20. The van der Waals surface area contributed by atoms with Gasteiger partial charge in [-0.2, -0.15) is 9.78 Å². The van der Waals surface area contributed by atoms with Gasteiger partial charge in [0.2, 0.25) is 0 Å². The molecule has 0 spiro atoms. The van der Waals surface area contributed by atoms with Crippen molar-refractivity contribution < 1.29 is 14.3 Å². The van der Waals surface area contributed by atoms with Crippen LogP contribution in [-0.2, 0) is 6.42 Å². The van der Waals surface area contributed by atoms with Crippen LogP contribution in [0.25, 0.3) is 16.9 Å². The molecule has 0 fully saturated rings. The van der Waals surface area contributed by atoms with E-state index in [0.717, 1.165) is 16.3 Å². The monoisotopic (exact) mass is 478 g/mol. The van der Waals surface area contributed by atoms with Gasteiger partial charge in [-0.25, -0.2) is 4.39 Å². The van der Waals surface area contributed by atoms with Gasteiger partial charge in [0.25, 0.3) is 11.5 Å². The van der Waals surface area contributed by atoms with Crippen LogP contribution in [0.3, 0.4) is 0 Å². The van der Waals surface area contributed by atoms with Crippen molar-refractivity contribution in [3.8, 4) is 16.9 Å². The van der Waals surface area contributed by atoms with Gasteiger partial charge in [-0.15, -0.1) is 0 Å². The molecule has 1 atom stereocenters. The van der Waals surface area contributed by atoms with Crippen molar-refractivity contribution in [2.45, 2.75) is 12.5 Å². The molecule has 4 rings (SSSR count). The van der Waals surface area contributed by atoms with E-state index in [0.29, 0.717) is 22.7 Å². The highest BCUT2D eigenvalue weighted by molar-refractivity contribution is 6.30. The van der Waals surface area contributed by atoms with Gasteiger partial charge in [-0.05, 0) is 60.5 Å². The van der Waals surface area contributed by atoms with Gasteiger partial charge in [-0.1, -0.05) is 29.8 Å². The number of carbonyl (C=O) groups is 1. The van der Waals surface area contributed by atoms with Gasteiger partial charge in [0, 0.05) is 23.0 Å². The first-order chi connectivity index (χ1) is 16.4. The molecule has 0 bridgehead atoms. The van der Waals surface area contributed by atoms with Crippen LogP contribution in [0.15, 0.2) is 83.9 Å². The third kappa shape index (κ3) is 5.36. The van der Waals surface area contributed by atoms with Crippen LogP contribution < -0.4 is 10.9 Å². The zero-order valence-electron chi connectivity index (χ0n) is 17.9. The molecule has 4 aromatic rings. The van der Waals surface area contributed by atoms with Crippen LogP contribution in [0.2, 0.25) is 5.02 Å². The molecule has 0 aliphatic heterocycles. The predicted octanol–water partition coefficient (Wildman–Crippen LogP) is 3.42. The summed E-state index contributed by atoms with van der Waals surface area (Å²) in [7, 11) is 0. The largest absolute Gasteiger partial charge is 0.394 e. The minimum Gasteiger partial charge on any atom is -0.394 e. The highest BCUT2D eigenvalue weighted by atomic mass is 35.5. The summed E-state index contributed by atoms with van der Waals surface area (Å²) in [6.07, 6.45) is 3.58. The van der Waals surface area contributed by atoms with E-state index in [1.54, 1.807) is 48.8 Å². The second-order valence-corrected chi connectivity index (χ2v) is 8.00. The molecule has 2 N–H and O–H groups in total. The molecule has 2 aromatic carbocycles. The molecule has 172 valence electrons. The summed E-state index contributed by atoms with van der Waals surface area (Å²) >= 11 is 5.98. The molecule has 2 aromatic heterocycles. The third-order valence-corrected chi connectivity index (χ3v) is 5.39. The number of nitrogens with zero attached hydrogens (tertiary/aromatic N) is 3. The lowest BCUT2D eigenvalue weighted by Gasteiger charge is -2.17. The lowest BCUT2D eigenvalue weighted by atomic mass is 10.1. The Morgan fingerprint density at radius 2 is 1.82 bits per heavy atom. The van der Waals surface area contributed by atoms with E-state index in [1.165, 1.54) is 24.3 Å². The number of hydrogen-bond donors (Lipinski definition) is 2. The Kier molecular flexibility index (Phi) is 7.10. The maximum atomic E-state index is 13.9. The minimum atomic E-state index is -0.721. The highest BCUT2D eigenvalue weighted by Crippen LogP contribution is 2.20. The Morgan fingerprint density at radius 3 is 2.50 bits per heavy atom. The van der Waals surface area contributed by atoms with Crippen molar-refractivity contribution in [2.24, 2.45) is 0 Å². The van der Waals surface area contributed by atoms with Crippen molar-refractivity contribution in [2.75, 3.05) is 6.61 Å². The molecule has 7 nitrogen and oxygen atoms in total. The van der Waals surface area contributed by atoms with Gasteiger partial charge in [0.05, 0.1) is 24.0 Å². The average Bonchev–Trinajstić information content (AvgIpc) is 2.85. The number of rotatable bonds is 7. The standard InChI is InChI=1S/C25H20ClFN4O3/c26-18-6-4-17(5-7-18)23-14-22(25(34)31(30-23)21-3-1-2-19(27)13-21)24(33)29-20(15-32)12-16-8-10-28-11-9-16/h1-11,13-14,20,32H,12,15H2,(H,29,33). The fourth-order valence-corrected chi connectivity index (χ4v) is 3.56. The number of pyridine rings is 1. The zero-order valence-corrected chi connectivity index (χ0v) is 18.6. The molecule has 1 amide bonds. The third-order valence-electron chi connectivity index (χ3n) is 5.14. The Hall–Kier alpha value is -3.88. The van der Waals surface area contributed by atoms with Gasteiger partial charge in [-0.3, -0.25) is 14.6 Å². The van der Waals surface area contributed by atoms with Crippen molar-refractivity contribution in [3.05, 3.63) is 111 Å². The molecule has 2 heterocycles. The predicted molar refractivity (Wildman–Crippen MR) is 127 cm³/mol. The van der Waals surface area contributed by atoms with Crippen molar-refractivity contribution in [1.82, 2.24) is 20.1 Å². The summed E-state index contributed by atoms with van der Waals surface area (Å²) in [5.74, 6) is -1.23. The Labute approximate surface area is 199 Å². The lowest BCUT2D eigenvalue weighted by Crippen LogP contribution is -2.42. The number of halogens is 2. The Balaban J connectivity index is 1.75. The van der Waals surface area contributed by atoms with E-state index in [1.807, 2.05) is 0 Å². The van der Waals surface area contributed by atoms with Gasteiger partial charge in [0.15, 0.2) is 0 Å². The molecule has 34 heavy (non-hydrogen) atoms. The van der Waals surface area contributed by atoms with E-state index in [2.05, 4.69) is 15.4 Å². The number of aliphatic hydroxyl groups is 1. The summed E-state index contributed by atoms with van der Waals surface area (Å²) in [5, 5.41) is 17.4. The fraction of sp³-hybridized carbons (Fsp3) is 0.120. The van der Waals surface area contributed by atoms with E-state index in [-0.39, 0.29) is 17.9 Å². The molecular formula is C25H20ClFN4O3. The molecule has 0 saturated heterocycles. The molecule has 0 aliphatic rings. The van der Waals surface area contributed by atoms with E-state index < -0.39 is 23.3 Å². The van der Waals surface area contributed by atoms with Crippen LogP contribution in [0.1, 0.15) is 15.9 Å². The summed E-state index contributed by atoms with van der Waals surface area (Å²) in [6, 6.07) is 16.4. The zero-order chi connectivity index (χ0) is 24.1. The second kappa shape index (κ2) is 10.4. The van der Waals surface area contributed by atoms with Crippen molar-refractivity contribution >= 4 is 17.5 Å². The molecule has 0 aliphatic carbocycles. The SMILES string of the molecule is O=C(NC(CO)Cc1ccncc1)c1cc(-c2ccc(Cl)cc2)nn(-c2cccc(F)c2)c1=O. The second-order valence-electron chi connectivity index (χ2n) is 7.56. The number of benzene rings is 2. The number of aliphatic hydroxyl groups excluding tert-OH is 1. The number of aromatic nitrogens is 3. The first-order valence-electron chi connectivity index (χ1n) is 10.4. The molecule has 9 heteroatoms. The minimum absolute atomic E-state index is 0.172. The summed E-state index contributed by atoms with van der Waals surface area (Å²) in [5.41, 5.74) is 1.05. The summed E-state index contributed by atoms with van der Waals surface area (Å²) in [4.78, 5) is 30.3. The van der Waals surface area contributed by atoms with Crippen LogP contribution in [0.5, 0.6) is 0 Å². The van der Waals surface area contributed by atoms with E-state index in [9.17, 15) is 19.1 Å². The molecular weight excluding hydrogens is 459 g/mol. The van der Waals surface area contributed by atoms with Crippen LogP contribution >= 0.6 is 11.6 Å². The topological polar surface area (TPSA) is 97.1 Å². The van der Waals surface area contributed by atoms with Crippen LogP contribution in [0, 0.1) is 5.82 Å². The smallest absolute Gasteiger partial charge is 0.284 e. The summed E-state index contributed by atoms with van der Waals surface area (Å²) < 4.78 is 14.9. The molecule has 0 saturated carbocycles. The maximum absolute atomic E-state index is 13.9. The molecule has 1 unspecified atom stereocenters. The number of hydrogen-bond acceptors (Lipinski definition) is 5. The van der Waals surface area contributed by atoms with Crippen LogP contribution in [0.4, 0.5) is 4.39 Å².